The summed E-state index contributed by atoms with van der Waals surface area (Å²) in [7, 11) is 0. The van der Waals surface area contributed by atoms with E-state index in [4.69, 9.17) is 9.73 Å². The Labute approximate surface area is 145 Å². The van der Waals surface area contributed by atoms with Gasteiger partial charge in [-0.25, -0.2) is 9.98 Å². The number of hydrogen-bond donors (Lipinski definition) is 0. The summed E-state index contributed by atoms with van der Waals surface area (Å²) in [6.45, 7) is 6.75. The van der Waals surface area contributed by atoms with Crippen LogP contribution in [0.3, 0.4) is 0 Å². The molecule has 0 unspecified atom stereocenters. The predicted octanol–water partition coefficient (Wildman–Crippen LogP) is 4.66. The van der Waals surface area contributed by atoms with Crippen molar-refractivity contribution >= 4 is 38.6 Å². The largest absolute Gasteiger partial charge is 0.485 e. The number of hydrogen-bond acceptors (Lipinski definition) is 5. The van der Waals surface area contributed by atoms with Crippen molar-refractivity contribution in [3.63, 3.8) is 0 Å². The van der Waals surface area contributed by atoms with E-state index in [-0.39, 0.29) is 0 Å². The number of nitrogens with zero attached hydrogens (tertiary/aromatic N) is 3. The van der Waals surface area contributed by atoms with Gasteiger partial charge >= 0.3 is 0 Å². The van der Waals surface area contributed by atoms with Crippen LogP contribution in [0.5, 0.6) is 5.75 Å². The smallest absolute Gasteiger partial charge is 0.147 e. The van der Waals surface area contributed by atoms with Gasteiger partial charge < -0.3 is 9.64 Å². The number of rotatable bonds is 4. The standard InChI is InChI=1S/C19H19N3OS/c1-3-22(4-2)13-9-10-14-17(11-13)23-12-16(20-14)19-21-15-7-5-6-8-18(15)24-19/h5-11H,3-4,12H2,1-2H3. The Hall–Kier alpha value is -2.40. The Bertz CT molecular complexity index is 879. The Morgan fingerprint density at radius 3 is 2.75 bits per heavy atom. The van der Waals surface area contributed by atoms with Gasteiger partial charge in [-0.15, -0.1) is 11.3 Å². The predicted molar refractivity (Wildman–Crippen MR) is 101 cm³/mol. The Morgan fingerprint density at radius 2 is 1.96 bits per heavy atom. The summed E-state index contributed by atoms with van der Waals surface area (Å²) in [5.74, 6) is 0.851. The van der Waals surface area contributed by atoms with E-state index in [1.165, 1.54) is 10.4 Å². The third-order valence-electron chi connectivity index (χ3n) is 4.23. The van der Waals surface area contributed by atoms with Gasteiger partial charge in [-0.2, -0.15) is 0 Å². The van der Waals surface area contributed by atoms with E-state index in [1.807, 2.05) is 24.3 Å². The lowest BCUT2D eigenvalue weighted by atomic mass is 10.2. The summed E-state index contributed by atoms with van der Waals surface area (Å²) >= 11 is 1.66. The average Bonchev–Trinajstić information content (AvgIpc) is 3.06. The molecule has 0 bridgehead atoms. The highest BCUT2D eigenvalue weighted by molar-refractivity contribution is 7.20. The van der Waals surface area contributed by atoms with E-state index >= 15 is 0 Å². The molecular formula is C19H19N3OS. The number of aromatic nitrogens is 1. The average molecular weight is 337 g/mol. The minimum absolute atomic E-state index is 0.467. The zero-order valence-corrected chi connectivity index (χ0v) is 14.6. The number of anilines is 1. The molecule has 0 atom stereocenters. The number of fused-ring (bicyclic) bond motifs is 2. The van der Waals surface area contributed by atoms with E-state index in [0.29, 0.717) is 6.61 Å². The molecule has 3 aromatic rings. The van der Waals surface area contributed by atoms with Gasteiger partial charge in [0.05, 0.1) is 10.2 Å². The van der Waals surface area contributed by atoms with Crippen LogP contribution in [-0.2, 0) is 0 Å². The van der Waals surface area contributed by atoms with Crippen LogP contribution in [0, 0.1) is 0 Å². The zero-order valence-electron chi connectivity index (χ0n) is 13.8. The maximum Gasteiger partial charge on any atom is 0.147 e. The van der Waals surface area contributed by atoms with Gasteiger partial charge in [0.15, 0.2) is 0 Å². The van der Waals surface area contributed by atoms with Crippen LogP contribution in [0.25, 0.3) is 10.2 Å². The second-order valence-corrected chi connectivity index (χ2v) is 6.69. The molecule has 2 aromatic carbocycles. The van der Waals surface area contributed by atoms with Crippen molar-refractivity contribution < 1.29 is 4.74 Å². The lowest BCUT2D eigenvalue weighted by molar-refractivity contribution is 0.373. The lowest BCUT2D eigenvalue weighted by Crippen LogP contribution is -2.22. The summed E-state index contributed by atoms with van der Waals surface area (Å²) in [5, 5.41) is 0.940. The highest BCUT2D eigenvalue weighted by atomic mass is 32.1. The van der Waals surface area contributed by atoms with E-state index < -0.39 is 0 Å². The van der Waals surface area contributed by atoms with E-state index in [2.05, 4.69) is 41.9 Å². The molecule has 0 saturated heterocycles. The van der Waals surface area contributed by atoms with Crippen LogP contribution in [0.2, 0.25) is 0 Å². The fourth-order valence-corrected chi connectivity index (χ4v) is 3.86. The highest BCUT2D eigenvalue weighted by Crippen LogP contribution is 2.36. The van der Waals surface area contributed by atoms with Crippen LogP contribution in [0.15, 0.2) is 47.5 Å². The summed E-state index contributed by atoms with van der Waals surface area (Å²) < 4.78 is 7.15. The van der Waals surface area contributed by atoms with Crippen molar-refractivity contribution in [3.8, 4) is 5.75 Å². The van der Waals surface area contributed by atoms with Crippen LogP contribution >= 0.6 is 11.3 Å². The number of aliphatic imine (C=N–C) groups is 1. The van der Waals surface area contributed by atoms with Crippen molar-refractivity contribution in [2.24, 2.45) is 4.99 Å². The third kappa shape index (κ3) is 2.65. The number of thiazole rings is 1. The first-order valence-electron chi connectivity index (χ1n) is 8.23. The summed E-state index contributed by atoms with van der Waals surface area (Å²) in [6, 6.07) is 14.4. The summed E-state index contributed by atoms with van der Waals surface area (Å²) in [4.78, 5) is 11.8. The summed E-state index contributed by atoms with van der Waals surface area (Å²) in [5.41, 5.74) is 3.98. The quantitative estimate of drug-likeness (QED) is 0.695. The van der Waals surface area contributed by atoms with Crippen molar-refractivity contribution in [1.29, 1.82) is 0 Å². The SMILES string of the molecule is CCN(CC)c1ccc2c(c1)OCC(c1nc3ccccc3s1)=N2. The molecule has 4 nitrogen and oxygen atoms in total. The van der Waals surface area contributed by atoms with Crippen LogP contribution in [0.4, 0.5) is 11.4 Å². The maximum atomic E-state index is 5.98. The molecule has 0 radical (unpaired) electrons. The first kappa shape index (κ1) is 15.1. The molecular weight excluding hydrogens is 318 g/mol. The maximum absolute atomic E-state index is 5.98. The number of benzene rings is 2. The molecule has 4 rings (SSSR count). The molecule has 2 heterocycles. The van der Waals surface area contributed by atoms with Gasteiger partial charge in [0, 0.05) is 24.8 Å². The number of para-hydroxylation sites is 1. The van der Waals surface area contributed by atoms with Crippen LogP contribution in [-0.4, -0.2) is 30.4 Å². The molecule has 1 aromatic heterocycles. The first-order valence-corrected chi connectivity index (χ1v) is 9.05. The molecule has 0 aliphatic carbocycles. The monoisotopic (exact) mass is 337 g/mol. The fourth-order valence-electron chi connectivity index (χ4n) is 2.93. The number of ether oxygens (including phenoxy) is 1. The zero-order chi connectivity index (χ0) is 16.5. The van der Waals surface area contributed by atoms with Gasteiger partial charge in [-0.1, -0.05) is 12.1 Å². The highest BCUT2D eigenvalue weighted by Gasteiger charge is 2.18. The van der Waals surface area contributed by atoms with Crippen LogP contribution < -0.4 is 9.64 Å². The normalized spacial score (nSPS) is 13.3. The van der Waals surface area contributed by atoms with Crippen molar-refractivity contribution in [1.82, 2.24) is 4.98 Å². The van der Waals surface area contributed by atoms with Crippen LogP contribution in [0.1, 0.15) is 18.9 Å². The van der Waals surface area contributed by atoms with Crippen molar-refractivity contribution in [2.45, 2.75) is 13.8 Å². The molecule has 0 spiro atoms. The Morgan fingerprint density at radius 1 is 1.12 bits per heavy atom. The Kier molecular flexibility index (Phi) is 3.94. The van der Waals surface area contributed by atoms with Gasteiger partial charge in [0.2, 0.25) is 0 Å². The molecule has 24 heavy (non-hydrogen) atoms. The molecule has 0 N–H and O–H groups in total. The first-order chi connectivity index (χ1) is 11.8. The fraction of sp³-hybridized carbons (Fsp3) is 0.263. The van der Waals surface area contributed by atoms with Gasteiger partial charge in [-0.3, -0.25) is 0 Å². The molecule has 1 aliphatic rings. The molecule has 1 aliphatic heterocycles. The van der Waals surface area contributed by atoms with Crippen molar-refractivity contribution in [3.05, 3.63) is 47.5 Å². The van der Waals surface area contributed by atoms with Gasteiger partial charge in [-0.05, 0) is 38.1 Å². The lowest BCUT2D eigenvalue weighted by Gasteiger charge is -2.23. The van der Waals surface area contributed by atoms with E-state index in [1.54, 1.807) is 11.3 Å². The minimum atomic E-state index is 0.467. The second kappa shape index (κ2) is 6.24. The molecule has 0 fully saturated rings. The van der Waals surface area contributed by atoms with E-state index in [9.17, 15) is 0 Å². The molecule has 5 heteroatoms. The van der Waals surface area contributed by atoms with Gasteiger partial charge in [0.25, 0.3) is 0 Å². The Balaban J connectivity index is 1.69. The minimum Gasteiger partial charge on any atom is -0.485 e. The van der Waals surface area contributed by atoms with Crippen molar-refractivity contribution in [2.75, 3.05) is 24.6 Å². The second-order valence-electron chi connectivity index (χ2n) is 5.66. The molecule has 122 valence electrons. The summed E-state index contributed by atoms with van der Waals surface area (Å²) in [6.07, 6.45) is 0. The topological polar surface area (TPSA) is 37.7 Å². The van der Waals surface area contributed by atoms with Gasteiger partial charge in [0.1, 0.15) is 28.8 Å². The molecule has 0 saturated carbocycles. The molecule has 0 amide bonds. The third-order valence-corrected chi connectivity index (χ3v) is 5.32. The van der Waals surface area contributed by atoms with E-state index in [0.717, 1.165) is 40.8 Å².